The van der Waals surface area contributed by atoms with Gasteiger partial charge in [-0.25, -0.2) is 9.97 Å². The van der Waals surface area contributed by atoms with Gasteiger partial charge in [0.15, 0.2) is 0 Å². The quantitative estimate of drug-likeness (QED) is 0.675. The third-order valence-corrected chi connectivity index (χ3v) is 3.10. The normalized spacial score (nSPS) is 10.5. The van der Waals surface area contributed by atoms with Crippen molar-refractivity contribution in [2.75, 3.05) is 12.3 Å². The van der Waals surface area contributed by atoms with Crippen molar-refractivity contribution in [2.24, 2.45) is 0 Å². The predicted molar refractivity (Wildman–Crippen MR) is 81.9 cm³/mol. The summed E-state index contributed by atoms with van der Waals surface area (Å²) in [6.45, 7) is 2.67. The van der Waals surface area contributed by atoms with Crippen molar-refractivity contribution in [1.82, 2.24) is 20.3 Å². The summed E-state index contributed by atoms with van der Waals surface area (Å²) in [6, 6.07) is 3.42. The minimum Gasteiger partial charge on any atom is -0.384 e. The Bertz CT molecular complexity index is 580. The molecule has 0 unspecified atom stereocenters. The van der Waals surface area contributed by atoms with Crippen LogP contribution in [0.5, 0.6) is 0 Å². The van der Waals surface area contributed by atoms with Gasteiger partial charge in [-0.2, -0.15) is 0 Å². The summed E-state index contributed by atoms with van der Waals surface area (Å²) in [6.07, 6.45) is 6.96. The van der Waals surface area contributed by atoms with Crippen LogP contribution >= 0.6 is 0 Å². The molecule has 6 nitrogen and oxygen atoms in total. The van der Waals surface area contributed by atoms with Gasteiger partial charge in [-0.3, -0.25) is 4.79 Å². The van der Waals surface area contributed by atoms with E-state index in [1.807, 2.05) is 6.07 Å². The van der Waals surface area contributed by atoms with Crippen molar-refractivity contribution in [1.29, 1.82) is 0 Å². The van der Waals surface area contributed by atoms with Gasteiger partial charge in [0.25, 0.3) is 5.91 Å². The fraction of sp³-hybridized carbons (Fsp3) is 0.400. The Morgan fingerprint density at radius 2 is 2.24 bits per heavy atom. The van der Waals surface area contributed by atoms with E-state index in [1.54, 1.807) is 18.5 Å². The smallest absolute Gasteiger partial charge is 0.251 e. The van der Waals surface area contributed by atoms with Gasteiger partial charge >= 0.3 is 0 Å². The maximum Gasteiger partial charge on any atom is 0.251 e. The van der Waals surface area contributed by atoms with Crippen molar-refractivity contribution in [2.45, 2.75) is 32.6 Å². The van der Waals surface area contributed by atoms with Gasteiger partial charge in [0.2, 0.25) is 0 Å². The first-order chi connectivity index (χ1) is 10.2. The van der Waals surface area contributed by atoms with Crippen LogP contribution in [0.4, 0.5) is 5.82 Å². The molecule has 2 aromatic rings. The highest BCUT2D eigenvalue weighted by molar-refractivity contribution is 5.94. The van der Waals surface area contributed by atoms with E-state index in [1.165, 1.54) is 0 Å². The standard InChI is InChI=1S/C15H21N5O/c1-2-4-12-9-11(10-13(16)20-12)15(21)19-6-3-5-14-17-7-8-18-14/h7-10H,2-6H2,1H3,(H2,16,20)(H,17,18)(H,19,21). The number of rotatable bonds is 7. The van der Waals surface area contributed by atoms with Crippen molar-refractivity contribution < 1.29 is 4.79 Å². The topological polar surface area (TPSA) is 96.7 Å². The van der Waals surface area contributed by atoms with Crippen LogP contribution in [0.2, 0.25) is 0 Å². The van der Waals surface area contributed by atoms with Gasteiger partial charge in [-0.15, -0.1) is 0 Å². The molecule has 4 N–H and O–H groups in total. The second-order valence-electron chi connectivity index (χ2n) is 4.92. The van der Waals surface area contributed by atoms with E-state index in [0.29, 0.717) is 17.9 Å². The number of amides is 1. The van der Waals surface area contributed by atoms with E-state index in [4.69, 9.17) is 5.73 Å². The van der Waals surface area contributed by atoms with Crippen LogP contribution in [0.15, 0.2) is 24.5 Å². The predicted octanol–water partition coefficient (Wildman–Crippen LogP) is 1.70. The summed E-state index contributed by atoms with van der Waals surface area (Å²) >= 11 is 0. The number of aromatic nitrogens is 3. The third kappa shape index (κ3) is 4.59. The van der Waals surface area contributed by atoms with Crippen LogP contribution in [0.1, 0.15) is 41.6 Å². The van der Waals surface area contributed by atoms with Gasteiger partial charge in [-0.05, 0) is 25.0 Å². The van der Waals surface area contributed by atoms with E-state index in [2.05, 4.69) is 27.2 Å². The Hall–Kier alpha value is -2.37. The molecule has 0 bridgehead atoms. The van der Waals surface area contributed by atoms with Crippen molar-refractivity contribution in [3.8, 4) is 0 Å². The first kappa shape index (κ1) is 15.0. The molecule has 0 atom stereocenters. The monoisotopic (exact) mass is 287 g/mol. The lowest BCUT2D eigenvalue weighted by Gasteiger charge is -2.07. The zero-order chi connectivity index (χ0) is 15.1. The highest BCUT2D eigenvalue weighted by atomic mass is 16.1. The van der Waals surface area contributed by atoms with Crippen LogP contribution in [0.25, 0.3) is 0 Å². The number of H-pyrrole nitrogens is 1. The number of aromatic amines is 1. The molecule has 6 heteroatoms. The molecule has 0 spiro atoms. The van der Waals surface area contributed by atoms with E-state index >= 15 is 0 Å². The number of pyridine rings is 1. The Kier molecular flexibility index (Phi) is 5.31. The van der Waals surface area contributed by atoms with E-state index < -0.39 is 0 Å². The number of hydrogen-bond donors (Lipinski definition) is 3. The second kappa shape index (κ2) is 7.42. The maximum atomic E-state index is 12.1. The van der Waals surface area contributed by atoms with Gasteiger partial charge in [0.1, 0.15) is 11.6 Å². The number of hydrogen-bond acceptors (Lipinski definition) is 4. The Balaban J connectivity index is 1.85. The summed E-state index contributed by atoms with van der Waals surface area (Å²) in [4.78, 5) is 23.5. The SMILES string of the molecule is CCCc1cc(C(=O)NCCCc2ncc[nH]2)cc(N)n1. The average Bonchev–Trinajstić information content (AvgIpc) is 2.96. The van der Waals surface area contributed by atoms with Crippen molar-refractivity contribution in [3.05, 3.63) is 41.6 Å². The number of nitrogen functional groups attached to an aromatic ring is 1. The zero-order valence-corrected chi connectivity index (χ0v) is 12.2. The number of aryl methyl sites for hydroxylation is 2. The molecule has 2 aromatic heterocycles. The van der Waals surface area contributed by atoms with Gasteiger partial charge in [0.05, 0.1) is 0 Å². The molecule has 0 aliphatic rings. The molecule has 0 aromatic carbocycles. The van der Waals surface area contributed by atoms with Crippen LogP contribution in [0.3, 0.4) is 0 Å². The molecule has 0 aliphatic carbocycles. The van der Waals surface area contributed by atoms with Crippen LogP contribution in [0, 0.1) is 0 Å². The number of anilines is 1. The van der Waals surface area contributed by atoms with Crippen LogP contribution in [-0.4, -0.2) is 27.4 Å². The molecular formula is C15H21N5O. The van der Waals surface area contributed by atoms with E-state index in [9.17, 15) is 4.79 Å². The summed E-state index contributed by atoms with van der Waals surface area (Å²) in [5.41, 5.74) is 7.18. The highest BCUT2D eigenvalue weighted by Crippen LogP contribution is 2.09. The second-order valence-corrected chi connectivity index (χ2v) is 4.92. The lowest BCUT2D eigenvalue weighted by molar-refractivity contribution is 0.0953. The number of nitrogens with one attached hydrogen (secondary N) is 2. The number of imidazole rings is 1. The fourth-order valence-electron chi connectivity index (χ4n) is 2.12. The molecule has 0 fully saturated rings. The molecule has 2 rings (SSSR count). The minimum atomic E-state index is -0.110. The number of carbonyl (C=O) groups is 1. The highest BCUT2D eigenvalue weighted by Gasteiger charge is 2.08. The molecule has 112 valence electrons. The summed E-state index contributed by atoms with van der Waals surface area (Å²) in [7, 11) is 0. The summed E-state index contributed by atoms with van der Waals surface area (Å²) in [5.74, 6) is 1.21. The first-order valence-corrected chi connectivity index (χ1v) is 7.22. The van der Waals surface area contributed by atoms with E-state index in [-0.39, 0.29) is 5.91 Å². The summed E-state index contributed by atoms with van der Waals surface area (Å²) in [5, 5.41) is 2.89. The molecule has 0 saturated heterocycles. The molecular weight excluding hydrogens is 266 g/mol. The molecule has 2 heterocycles. The Morgan fingerprint density at radius 1 is 1.38 bits per heavy atom. The number of nitrogens with zero attached hydrogens (tertiary/aromatic N) is 2. The molecule has 0 radical (unpaired) electrons. The first-order valence-electron chi connectivity index (χ1n) is 7.22. The Labute approximate surface area is 124 Å². The van der Waals surface area contributed by atoms with E-state index in [0.717, 1.165) is 37.2 Å². The van der Waals surface area contributed by atoms with Crippen molar-refractivity contribution >= 4 is 11.7 Å². The van der Waals surface area contributed by atoms with Gasteiger partial charge in [-0.1, -0.05) is 13.3 Å². The molecule has 21 heavy (non-hydrogen) atoms. The average molecular weight is 287 g/mol. The lowest BCUT2D eigenvalue weighted by atomic mass is 10.1. The van der Waals surface area contributed by atoms with Gasteiger partial charge < -0.3 is 16.0 Å². The fourth-order valence-corrected chi connectivity index (χ4v) is 2.12. The maximum absolute atomic E-state index is 12.1. The summed E-state index contributed by atoms with van der Waals surface area (Å²) < 4.78 is 0. The Morgan fingerprint density at radius 3 is 2.95 bits per heavy atom. The van der Waals surface area contributed by atoms with Crippen molar-refractivity contribution in [3.63, 3.8) is 0 Å². The minimum absolute atomic E-state index is 0.110. The largest absolute Gasteiger partial charge is 0.384 e. The zero-order valence-electron chi connectivity index (χ0n) is 12.2. The van der Waals surface area contributed by atoms with Gasteiger partial charge in [0, 0.05) is 36.6 Å². The van der Waals surface area contributed by atoms with Crippen LogP contribution in [-0.2, 0) is 12.8 Å². The third-order valence-electron chi connectivity index (χ3n) is 3.10. The molecule has 1 amide bonds. The number of carbonyl (C=O) groups excluding carboxylic acids is 1. The molecule has 0 aliphatic heterocycles. The lowest BCUT2D eigenvalue weighted by Crippen LogP contribution is -2.25. The molecule has 0 saturated carbocycles. The number of nitrogens with two attached hydrogens (primary N) is 1. The van der Waals surface area contributed by atoms with Crippen LogP contribution < -0.4 is 11.1 Å².